The molecular weight excluding hydrogens is 732 g/mol. The topological polar surface area (TPSA) is 149 Å². The van der Waals surface area contributed by atoms with Gasteiger partial charge in [0, 0.05) is 18.6 Å². The number of fused-ring (bicyclic) bond motifs is 2. The molecule has 2 aromatic carbocycles. The predicted molar refractivity (Wildman–Crippen MR) is 178 cm³/mol. The molecule has 11 nitrogen and oxygen atoms in total. The second-order valence-electron chi connectivity index (χ2n) is 12.7. The minimum Gasteiger partial charge on any atom is -0.512 e. The molecule has 0 radical (unpaired) electrons. The van der Waals surface area contributed by atoms with E-state index in [2.05, 4.69) is 28.1 Å². The minimum absolute atomic E-state index is 0. The monoisotopic (exact) mass is 773 g/mol. The Morgan fingerprint density at radius 1 is 0.812 bits per heavy atom. The van der Waals surface area contributed by atoms with Crippen LogP contribution in [0.2, 0.25) is 0 Å². The average molecular weight is 776 g/mol. The van der Waals surface area contributed by atoms with Crippen LogP contribution in [0.15, 0.2) is 40.9 Å². The average Bonchev–Trinajstić information content (AvgIpc) is 3.02. The van der Waals surface area contributed by atoms with Crippen molar-refractivity contribution in [1.82, 2.24) is 9.80 Å². The number of halogens is 1. The molecule has 4 rings (SSSR count). The molecule has 2 aliphatic heterocycles. The second-order valence-corrected chi connectivity index (χ2v) is 13.6. The summed E-state index contributed by atoms with van der Waals surface area (Å²) in [5.41, 5.74) is 4.10. The Morgan fingerprint density at radius 2 is 1.21 bits per heavy atom. The van der Waals surface area contributed by atoms with Crippen LogP contribution in [0.1, 0.15) is 81.6 Å². The van der Waals surface area contributed by atoms with Crippen molar-refractivity contribution >= 4 is 28.1 Å². The molecule has 0 N–H and O–H groups in total. The molecule has 48 heavy (non-hydrogen) atoms. The van der Waals surface area contributed by atoms with E-state index in [1.54, 1.807) is 19.0 Å². The number of nitriles is 1. The summed E-state index contributed by atoms with van der Waals surface area (Å²) < 4.78 is 23.5. The van der Waals surface area contributed by atoms with Crippen LogP contribution >= 0.6 is 15.9 Å². The third-order valence-corrected chi connectivity index (χ3v) is 7.56. The standard InChI is InChI=1S/C17H22N2O3.C16H22BrNO3.2CN.Zn/c1-17(2,3)22-16(20)19(4)11-15-14-7-5-6-12(10-18)13(14)8-9-21-15;1-16(2,3)21-15(19)18(4)10-14-12-6-5-7-13(17)11(12)8-9-20-14;2*1-2;/h5-7,15H,8-9,11H2,1-4H3;5-7,14H,8-10H2,1-4H3;;;/q;;2*-1;+2. The van der Waals surface area contributed by atoms with Crippen LogP contribution in [-0.2, 0) is 51.3 Å². The Morgan fingerprint density at radius 3 is 1.62 bits per heavy atom. The molecular formula is C35H44BrN5O6Zn. The number of nitrogens with zero attached hydrogens (tertiary/aromatic N) is 5. The summed E-state index contributed by atoms with van der Waals surface area (Å²) in [5, 5.41) is 21.7. The zero-order chi connectivity index (χ0) is 35.9. The van der Waals surface area contributed by atoms with Crippen molar-refractivity contribution in [3.05, 3.63) is 81.8 Å². The number of rotatable bonds is 4. The molecule has 13 heteroatoms. The summed E-state index contributed by atoms with van der Waals surface area (Å²) in [5.74, 6) is 0. The molecule has 0 aliphatic carbocycles. The molecule has 2 atom stereocenters. The number of carbonyl (C=O) groups excluding carboxylic acids is 2. The maximum absolute atomic E-state index is 12.1. The van der Waals surface area contributed by atoms with Gasteiger partial charge in [-0.3, -0.25) is 0 Å². The first-order valence-corrected chi connectivity index (χ1v) is 15.7. The summed E-state index contributed by atoms with van der Waals surface area (Å²) >= 11 is 3.58. The van der Waals surface area contributed by atoms with E-state index in [4.69, 9.17) is 42.6 Å². The van der Waals surface area contributed by atoms with Gasteiger partial charge in [0.1, 0.15) is 23.4 Å². The van der Waals surface area contributed by atoms with E-state index in [0.717, 1.165) is 34.0 Å². The molecule has 0 saturated carbocycles. The largest absolute Gasteiger partial charge is 2.00 e. The van der Waals surface area contributed by atoms with Gasteiger partial charge >= 0.3 is 31.7 Å². The molecule has 2 heterocycles. The fourth-order valence-electron chi connectivity index (χ4n) is 4.85. The number of ether oxygens (including phenoxy) is 4. The Kier molecular flexibility index (Phi) is 19.2. The molecule has 2 unspecified atom stereocenters. The summed E-state index contributed by atoms with van der Waals surface area (Å²) in [6, 6.07) is 14.0. The number of benzene rings is 2. The number of likely N-dealkylation sites (N-methyl/N-ethyl adjacent to an activating group) is 2. The fourth-order valence-corrected chi connectivity index (χ4v) is 5.43. The van der Waals surface area contributed by atoms with Gasteiger partial charge in [-0.15, -0.1) is 0 Å². The van der Waals surface area contributed by atoms with E-state index >= 15 is 0 Å². The minimum atomic E-state index is -0.523. The molecule has 2 amide bonds. The van der Waals surface area contributed by atoms with Gasteiger partial charge < -0.3 is 52.4 Å². The van der Waals surface area contributed by atoms with Crippen LogP contribution in [0.4, 0.5) is 9.59 Å². The van der Waals surface area contributed by atoms with Crippen LogP contribution in [0, 0.1) is 35.0 Å². The van der Waals surface area contributed by atoms with Crippen molar-refractivity contribution in [2.24, 2.45) is 0 Å². The summed E-state index contributed by atoms with van der Waals surface area (Å²) in [6.45, 7) is 22.7. The third kappa shape index (κ3) is 13.9. The Labute approximate surface area is 306 Å². The normalized spacial score (nSPS) is 15.9. The van der Waals surface area contributed by atoms with Crippen molar-refractivity contribution in [3.8, 4) is 6.07 Å². The first kappa shape index (κ1) is 44.5. The third-order valence-electron chi connectivity index (χ3n) is 6.81. The molecule has 0 spiro atoms. The summed E-state index contributed by atoms with van der Waals surface area (Å²) in [4.78, 5) is 27.2. The molecule has 2 aromatic rings. The van der Waals surface area contributed by atoms with Crippen molar-refractivity contribution in [3.63, 3.8) is 0 Å². The quantitative estimate of drug-likeness (QED) is 0.233. The van der Waals surface area contributed by atoms with Gasteiger partial charge in [-0.1, -0.05) is 40.2 Å². The van der Waals surface area contributed by atoms with Gasteiger partial charge in [-0.2, -0.15) is 5.26 Å². The molecule has 2 aliphatic rings. The number of amides is 2. The molecule has 0 aromatic heterocycles. The van der Waals surface area contributed by atoms with E-state index in [1.165, 1.54) is 10.5 Å². The van der Waals surface area contributed by atoms with Crippen molar-refractivity contribution in [2.45, 2.75) is 77.8 Å². The van der Waals surface area contributed by atoms with Crippen LogP contribution in [0.5, 0.6) is 0 Å². The Bertz CT molecular complexity index is 1420. The van der Waals surface area contributed by atoms with E-state index in [1.807, 2.05) is 71.9 Å². The van der Waals surface area contributed by atoms with Gasteiger partial charge in [0.05, 0.1) is 37.9 Å². The van der Waals surface area contributed by atoms with E-state index in [9.17, 15) is 14.9 Å². The zero-order valence-electron chi connectivity index (χ0n) is 29.1. The first-order chi connectivity index (χ1) is 22.1. The predicted octanol–water partition coefficient (Wildman–Crippen LogP) is 7.16. The van der Waals surface area contributed by atoms with Gasteiger partial charge in [0.25, 0.3) is 0 Å². The second kappa shape index (κ2) is 20.8. The van der Waals surface area contributed by atoms with E-state index in [-0.39, 0.29) is 43.9 Å². The molecule has 0 fully saturated rings. The van der Waals surface area contributed by atoms with Crippen LogP contribution in [0.3, 0.4) is 0 Å². The van der Waals surface area contributed by atoms with Crippen LogP contribution < -0.4 is 0 Å². The van der Waals surface area contributed by atoms with Gasteiger partial charge in [0.15, 0.2) is 0 Å². The smallest absolute Gasteiger partial charge is 0.512 e. The van der Waals surface area contributed by atoms with Crippen LogP contribution in [-0.4, -0.2) is 73.6 Å². The van der Waals surface area contributed by atoms with Gasteiger partial charge in [-0.25, -0.2) is 9.59 Å². The SMILES string of the molecule is CN(CC1OCCc2c(Br)cccc21)C(=O)OC(C)(C)C.CN(CC1OCCc2c(C#N)cccc21)C(=O)OC(C)(C)C.[C-]#N.[C-]#N.[Zn+2]. The molecule has 0 saturated heterocycles. The molecule has 0 bridgehead atoms. The van der Waals surface area contributed by atoms with Crippen molar-refractivity contribution < 1.29 is 48.0 Å². The Hall–Kier alpha value is -3.53. The van der Waals surface area contributed by atoms with E-state index in [0.29, 0.717) is 31.9 Å². The maximum atomic E-state index is 12.1. The number of hydrogen-bond acceptors (Lipinski definition) is 9. The van der Waals surface area contributed by atoms with E-state index < -0.39 is 11.2 Å². The molecule has 254 valence electrons. The fraction of sp³-hybridized carbons (Fsp3) is 0.514. The Balaban J connectivity index is 0.000000819. The number of carbonyl (C=O) groups is 2. The summed E-state index contributed by atoms with van der Waals surface area (Å²) in [6.07, 6.45) is 0.584. The zero-order valence-corrected chi connectivity index (χ0v) is 33.7. The van der Waals surface area contributed by atoms with Crippen LogP contribution in [0.25, 0.3) is 0 Å². The first-order valence-electron chi connectivity index (χ1n) is 14.9. The number of hydrogen-bond donors (Lipinski definition) is 0. The maximum Gasteiger partial charge on any atom is 2.00 e. The van der Waals surface area contributed by atoms with Crippen molar-refractivity contribution in [1.29, 1.82) is 15.8 Å². The summed E-state index contributed by atoms with van der Waals surface area (Å²) in [7, 11) is 3.43. The van der Waals surface area contributed by atoms with Gasteiger partial charge in [-0.05, 0) is 88.8 Å². The van der Waals surface area contributed by atoms with Crippen molar-refractivity contribution in [2.75, 3.05) is 40.4 Å². The van der Waals surface area contributed by atoms with Gasteiger partial charge in [0.2, 0.25) is 0 Å².